The molecule has 0 bridgehead atoms. The first-order valence-corrected chi connectivity index (χ1v) is 9.09. The van der Waals surface area contributed by atoms with Crippen molar-refractivity contribution in [3.05, 3.63) is 24.3 Å². The Morgan fingerprint density at radius 2 is 1.45 bits per heavy atom. The van der Waals surface area contributed by atoms with Crippen molar-refractivity contribution in [2.45, 2.75) is 16.2 Å². The Morgan fingerprint density at radius 3 is 1.90 bits per heavy atom. The number of rotatable bonds is 7. The van der Waals surface area contributed by atoms with Crippen molar-refractivity contribution in [1.29, 1.82) is 0 Å². The molecule has 20 heavy (non-hydrogen) atoms. The fourth-order valence-corrected chi connectivity index (χ4v) is 3.13. The molecule has 0 radical (unpaired) electrons. The molecule has 0 unspecified atom stereocenters. The minimum Gasteiger partial charge on any atom is -0.320 e. The van der Waals surface area contributed by atoms with E-state index in [1.807, 2.05) is 0 Å². The molecule has 1 aromatic carbocycles. The number of sulfonamides is 1. The summed E-state index contributed by atoms with van der Waals surface area (Å²) >= 11 is 0. The maximum Gasteiger partial charge on any atom is 0.240 e. The van der Waals surface area contributed by atoms with Crippen molar-refractivity contribution in [3.8, 4) is 0 Å². The van der Waals surface area contributed by atoms with Crippen LogP contribution in [0.1, 0.15) is 6.42 Å². The van der Waals surface area contributed by atoms with E-state index in [9.17, 15) is 16.8 Å². The van der Waals surface area contributed by atoms with Crippen LogP contribution < -0.4 is 10.0 Å². The second-order valence-electron chi connectivity index (χ2n) is 4.10. The first kappa shape index (κ1) is 19.3. The van der Waals surface area contributed by atoms with Crippen molar-refractivity contribution >= 4 is 32.3 Å². The second kappa shape index (κ2) is 7.94. The monoisotopic (exact) mass is 342 g/mol. The van der Waals surface area contributed by atoms with Crippen molar-refractivity contribution in [1.82, 2.24) is 10.0 Å². The Hall–Kier alpha value is -0.670. The Balaban J connectivity index is 0.00000361. The van der Waals surface area contributed by atoms with Gasteiger partial charge in [0.1, 0.15) is 0 Å². The van der Waals surface area contributed by atoms with E-state index in [2.05, 4.69) is 10.0 Å². The fourth-order valence-electron chi connectivity index (χ4n) is 1.42. The zero-order valence-electron chi connectivity index (χ0n) is 11.3. The van der Waals surface area contributed by atoms with Crippen LogP contribution in [-0.2, 0) is 19.9 Å². The van der Waals surface area contributed by atoms with E-state index in [0.29, 0.717) is 13.0 Å². The van der Waals surface area contributed by atoms with Crippen LogP contribution in [0.3, 0.4) is 0 Å². The van der Waals surface area contributed by atoms with Gasteiger partial charge in [-0.25, -0.2) is 21.6 Å². The van der Waals surface area contributed by atoms with Crippen LogP contribution in [0.25, 0.3) is 0 Å². The van der Waals surface area contributed by atoms with Gasteiger partial charge in [-0.2, -0.15) is 0 Å². The van der Waals surface area contributed by atoms with Gasteiger partial charge in [0.15, 0.2) is 9.84 Å². The molecule has 0 aliphatic heterocycles. The zero-order chi connectivity index (χ0) is 14.5. The smallest absolute Gasteiger partial charge is 0.240 e. The minimum atomic E-state index is -3.58. The normalized spacial score (nSPS) is 11.9. The summed E-state index contributed by atoms with van der Waals surface area (Å²) in [6.45, 7) is 1.05. The Bertz CT molecular complexity index is 612. The van der Waals surface area contributed by atoms with Crippen molar-refractivity contribution < 1.29 is 16.8 Å². The van der Waals surface area contributed by atoms with Crippen LogP contribution in [-0.4, -0.2) is 43.2 Å². The highest BCUT2D eigenvalue weighted by Crippen LogP contribution is 2.14. The molecule has 116 valence electrons. The summed E-state index contributed by atoms with van der Waals surface area (Å²) in [4.78, 5) is 0.158. The van der Waals surface area contributed by atoms with Gasteiger partial charge < -0.3 is 5.32 Å². The number of halogens is 1. The summed E-state index contributed by atoms with van der Waals surface area (Å²) < 4.78 is 48.7. The summed E-state index contributed by atoms with van der Waals surface area (Å²) in [6.07, 6.45) is 1.75. The van der Waals surface area contributed by atoms with Crippen molar-refractivity contribution in [3.63, 3.8) is 0 Å². The van der Waals surface area contributed by atoms with Gasteiger partial charge in [-0.15, -0.1) is 12.4 Å². The third kappa shape index (κ3) is 5.76. The van der Waals surface area contributed by atoms with Crippen LogP contribution >= 0.6 is 12.4 Å². The average molecular weight is 343 g/mol. The largest absolute Gasteiger partial charge is 0.320 e. The van der Waals surface area contributed by atoms with Gasteiger partial charge in [-0.05, 0) is 44.3 Å². The third-order valence-electron chi connectivity index (χ3n) is 2.46. The molecule has 6 nitrogen and oxygen atoms in total. The lowest BCUT2D eigenvalue weighted by Crippen LogP contribution is -2.26. The number of hydrogen-bond donors (Lipinski definition) is 2. The van der Waals surface area contributed by atoms with E-state index in [-0.39, 0.29) is 22.2 Å². The predicted molar refractivity (Wildman–Crippen MR) is 80.5 cm³/mol. The maximum atomic E-state index is 11.9. The lowest BCUT2D eigenvalue weighted by molar-refractivity contribution is 0.576. The lowest BCUT2D eigenvalue weighted by atomic mass is 10.4. The van der Waals surface area contributed by atoms with E-state index in [1.54, 1.807) is 7.05 Å². The van der Waals surface area contributed by atoms with Gasteiger partial charge in [0.25, 0.3) is 0 Å². The van der Waals surface area contributed by atoms with E-state index in [4.69, 9.17) is 0 Å². The van der Waals surface area contributed by atoms with Crippen LogP contribution in [0.2, 0.25) is 0 Å². The van der Waals surface area contributed by atoms with Crippen LogP contribution in [0.4, 0.5) is 0 Å². The van der Waals surface area contributed by atoms with Crippen LogP contribution in [0.15, 0.2) is 34.1 Å². The summed E-state index contributed by atoms with van der Waals surface area (Å²) in [6, 6.07) is 5.16. The molecule has 0 saturated heterocycles. The lowest BCUT2D eigenvalue weighted by Gasteiger charge is -2.07. The van der Waals surface area contributed by atoms with Crippen molar-refractivity contribution in [2.24, 2.45) is 0 Å². The molecule has 0 saturated carbocycles. The van der Waals surface area contributed by atoms with Gasteiger partial charge >= 0.3 is 0 Å². The quantitative estimate of drug-likeness (QED) is 0.700. The predicted octanol–water partition coefficient (Wildman–Crippen LogP) is 0.400. The molecule has 2 N–H and O–H groups in total. The summed E-state index contributed by atoms with van der Waals surface area (Å²) in [7, 11) is -5.10. The first-order valence-electron chi connectivity index (χ1n) is 5.72. The molecule has 0 amide bonds. The maximum absolute atomic E-state index is 11.9. The van der Waals surface area contributed by atoms with Crippen LogP contribution in [0, 0.1) is 0 Å². The molecule has 0 aliphatic carbocycles. The molecule has 1 aromatic rings. The standard InChI is InChI=1S/C11H18N2O4S2.ClH/c1-12-8-3-9-13-19(16,17)11-6-4-10(5-7-11)18(2,14)15;/h4-7,12-13H,3,8-9H2,1-2H3;1H. The zero-order valence-corrected chi connectivity index (χ0v) is 13.7. The molecule has 0 fully saturated rings. The van der Waals surface area contributed by atoms with Gasteiger partial charge in [0.2, 0.25) is 10.0 Å². The highest BCUT2D eigenvalue weighted by atomic mass is 35.5. The summed E-state index contributed by atoms with van der Waals surface area (Å²) in [5, 5.41) is 2.92. The molecular formula is C11H19ClN2O4S2. The number of nitrogens with one attached hydrogen (secondary N) is 2. The van der Waals surface area contributed by atoms with Gasteiger partial charge in [-0.3, -0.25) is 0 Å². The van der Waals surface area contributed by atoms with Gasteiger partial charge in [-0.1, -0.05) is 0 Å². The molecule has 0 spiro atoms. The summed E-state index contributed by atoms with van der Waals surface area (Å²) in [5.74, 6) is 0. The highest BCUT2D eigenvalue weighted by molar-refractivity contribution is 7.90. The van der Waals surface area contributed by atoms with Gasteiger partial charge in [0.05, 0.1) is 9.79 Å². The number of sulfone groups is 1. The minimum absolute atomic E-state index is 0. The Kier molecular flexibility index (Phi) is 7.67. The second-order valence-corrected chi connectivity index (χ2v) is 7.88. The van der Waals surface area contributed by atoms with E-state index in [0.717, 1.165) is 12.8 Å². The molecule has 0 aromatic heterocycles. The SMILES string of the molecule is CNCCCNS(=O)(=O)c1ccc(S(C)(=O)=O)cc1.Cl. The molecule has 9 heteroatoms. The molecule has 0 atom stereocenters. The number of hydrogen-bond acceptors (Lipinski definition) is 5. The van der Waals surface area contributed by atoms with Gasteiger partial charge in [0, 0.05) is 12.8 Å². The molecule has 1 rings (SSSR count). The fraction of sp³-hybridized carbons (Fsp3) is 0.455. The van der Waals surface area contributed by atoms with Crippen molar-refractivity contribution in [2.75, 3.05) is 26.4 Å². The Morgan fingerprint density at radius 1 is 0.950 bits per heavy atom. The molecule has 0 heterocycles. The third-order valence-corrected chi connectivity index (χ3v) is 5.06. The highest BCUT2D eigenvalue weighted by Gasteiger charge is 2.14. The van der Waals surface area contributed by atoms with E-state index < -0.39 is 19.9 Å². The average Bonchev–Trinajstić information content (AvgIpc) is 2.34. The Labute approximate surface area is 126 Å². The molecule has 0 aliphatic rings. The topological polar surface area (TPSA) is 92.3 Å². The molecular weight excluding hydrogens is 324 g/mol. The van der Waals surface area contributed by atoms with E-state index >= 15 is 0 Å². The number of benzene rings is 1. The summed E-state index contributed by atoms with van der Waals surface area (Å²) in [5.41, 5.74) is 0. The van der Waals surface area contributed by atoms with Crippen LogP contribution in [0.5, 0.6) is 0 Å². The van der Waals surface area contributed by atoms with E-state index in [1.165, 1.54) is 24.3 Å². The first-order chi connectivity index (χ1) is 8.77.